The minimum atomic E-state index is 0.368. The largest absolute Gasteiger partial charge is 0.314 e. The van der Waals surface area contributed by atoms with Crippen LogP contribution in [0.15, 0.2) is 0 Å². The summed E-state index contributed by atoms with van der Waals surface area (Å²) in [7, 11) is 0. The summed E-state index contributed by atoms with van der Waals surface area (Å²) in [6.45, 7) is 15.4. The van der Waals surface area contributed by atoms with E-state index in [4.69, 9.17) is 0 Å². The van der Waals surface area contributed by atoms with E-state index in [9.17, 15) is 0 Å². The second kappa shape index (κ2) is 6.75. The summed E-state index contributed by atoms with van der Waals surface area (Å²) < 4.78 is 0. The predicted molar refractivity (Wildman–Crippen MR) is 76.4 cm³/mol. The number of likely N-dealkylation sites (tertiary alicyclic amines) is 1. The summed E-state index contributed by atoms with van der Waals surface area (Å²) in [5.41, 5.74) is 0.368. The Hall–Kier alpha value is -0.0800. The van der Waals surface area contributed by atoms with Crippen molar-refractivity contribution in [2.24, 2.45) is 5.41 Å². The first-order chi connectivity index (χ1) is 8.01. The molecular weight excluding hydrogens is 208 g/mol. The fourth-order valence-corrected chi connectivity index (χ4v) is 2.86. The van der Waals surface area contributed by atoms with E-state index in [1.165, 1.54) is 38.8 Å². The third kappa shape index (κ3) is 4.26. The Bertz CT molecular complexity index is 213. The highest BCUT2D eigenvalue weighted by Crippen LogP contribution is 2.28. The molecule has 0 saturated carbocycles. The van der Waals surface area contributed by atoms with Gasteiger partial charge in [0, 0.05) is 18.6 Å². The van der Waals surface area contributed by atoms with Crippen molar-refractivity contribution in [3.8, 4) is 0 Å². The lowest BCUT2D eigenvalue weighted by Gasteiger charge is -2.38. The SMILES string of the molecule is CCCNC(C)C(C)(C)CN1CCCC1CC. The van der Waals surface area contributed by atoms with Crippen molar-refractivity contribution in [1.29, 1.82) is 0 Å². The van der Waals surface area contributed by atoms with Crippen molar-refractivity contribution in [2.45, 2.75) is 72.4 Å². The number of hydrogen-bond acceptors (Lipinski definition) is 2. The average molecular weight is 240 g/mol. The molecule has 1 saturated heterocycles. The predicted octanol–water partition coefficient (Wildman–Crippen LogP) is 3.28. The van der Waals surface area contributed by atoms with Crippen molar-refractivity contribution in [2.75, 3.05) is 19.6 Å². The van der Waals surface area contributed by atoms with Gasteiger partial charge in [0.05, 0.1) is 0 Å². The van der Waals surface area contributed by atoms with Gasteiger partial charge in [-0.2, -0.15) is 0 Å². The maximum Gasteiger partial charge on any atom is 0.0102 e. The first-order valence-electron chi connectivity index (χ1n) is 7.48. The second-order valence-electron chi connectivity index (χ2n) is 6.34. The monoisotopic (exact) mass is 240 g/mol. The molecule has 1 N–H and O–H groups in total. The van der Waals surface area contributed by atoms with Crippen LogP contribution < -0.4 is 5.32 Å². The highest BCUT2D eigenvalue weighted by Gasteiger charge is 2.32. The smallest absolute Gasteiger partial charge is 0.0102 e. The van der Waals surface area contributed by atoms with Crippen molar-refractivity contribution in [3.05, 3.63) is 0 Å². The van der Waals surface area contributed by atoms with E-state index >= 15 is 0 Å². The fraction of sp³-hybridized carbons (Fsp3) is 1.00. The zero-order chi connectivity index (χ0) is 12.9. The molecule has 2 heteroatoms. The van der Waals surface area contributed by atoms with Crippen LogP contribution in [0.5, 0.6) is 0 Å². The molecule has 0 aromatic heterocycles. The van der Waals surface area contributed by atoms with Crippen LogP contribution in [0.25, 0.3) is 0 Å². The molecular formula is C15H32N2. The second-order valence-corrected chi connectivity index (χ2v) is 6.34. The van der Waals surface area contributed by atoms with Crippen LogP contribution in [0, 0.1) is 5.41 Å². The maximum atomic E-state index is 3.65. The fourth-order valence-electron chi connectivity index (χ4n) is 2.86. The van der Waals surface area contributed by atoms with Crippen molar-refractivity contribution in [3.63, 3.8) is 0 Å². The van der Waals surface area contributed by atoms with Crippen molar-refractivity contribution < 1.29 is 0 Å². The molecule has 0 amide bonds. The minimum absolute atomic E-state index is 0.368. The van der Waals surface area contributed by atoms with Gasteiger partial charge in [0.1, 0.15) is 0 Å². The molecule has 0 radical (unpaired) electrons. The topological polar surface area (TPSA) is 15.3 Å². The Morgan fingerprint density at radius 2 is 2.06 bits per heavy atom. The molecule has 2 unspecified atom stereocenters. The molecule has 17 heavy (non-hydrogen) atoms. The van der Waals surface area contributed by atoms with Gasteiger partial charge >= 0.3 is 0 Å². The lowest BCUT2D eigenvalue weighted by Crippen LogP contribution is -2.48. The molecule has 1 heterocycles. The highest BCUT2D eigenvalue weighted by atomic mass is 15.2. The van der Waals surface area contributed by atoms with Gasteiger partial charge in [-0.1, -0.05) is 27.7 Å². The van der Waals surface area contributed by atoms with Gasteiger partial charge in [-0.25, -0.2) is 0 Å². The Morgan fingerprint density at radius 3 is 2.65 bits per heavy atom. The zero-order valence-corrected chi connectivity index (χ0v) is 12.6. The molecule has 1 aliphatic heterocycles. The van der Waals surface area contributed by atoms with Gasteiger partial charge < -0.3 is 5.32 Å². The normalized spacial score (nSPS) is 24.2. The van der Waals surface area contributed by atoms with E-state index < -0.39 is 0 Å². The maximum absolute atomic E-state index is 3.65. The molecule has 0 aliphatic carbocycles. The standard InChI is InChI=1S/C15H32N2/c1-6-10-16-13(3)15(4,5)12-17-11-8-9-14(17)7-2/h13-14,16H,6-12H2,1-5H3. The molecule has 1 aliphatic rings. The van der Waals surface area contributed by atoms with E-state index in [2.05, 4.69) is 44.8 Å². The van der Waals surface area contributed by atoms with Gasteiger partial charge in [-0.15, -0.1) is 0 Å². The quantitative estimate of drug-likeness (QED) is 0.735. The first-order valence-corrected chi connectivity index (χ1v) is 7.48. The third-order valence-corrected chi connectivity index (χ3v) is 4.45. The number of rotatable bonds is 7. The Labute approximate surface area is 108 Å². The van der Waals surface area contributed by atoms with E-state index in [1.54, 1.807) is 0 Å². The number of hydrogen-bond donors (Lipinski definition) is 1. The van der Waals surface area contributed by atoms with Gasteiger partial charge in [0.25, 0.3) is 0 Å². The average Bonchev–Trinajstić information content (AvgIpc) is 2.72. The van der Waals surface area contributed by atoms with Crippen LogP contribution in [-0.2, 0) is 0 Å². The Morgan fingerprint density at radius 1 is 1.35 bits per heavy atom. The summed E-state index contributed by atoms with van der Waals surface area (Å²) in [6.07, 6.45) is 5.34. The lowest BCUT2D eigenvalue weighted by atomic mass is 9.84. The zero-order valence-electron chi connectivity index (χ0n) is 12.6. The van der Waals surface area contributed by atoms with Gasteiger partial charge in [-0.05, 0) is 51.1 Å². The summed E-state index contributed by atoms with van der Waals surface area (Å²) in [5, 5.41) is 3.65. The van der Waals surface area contributed by atoms with Crippen molar-refractivity contribution in [1.82, 2.24) is 10.2 Å². The molecule has 0 aromatic carbocycles. The molecule has 2 nitrogen and oxygen atoms in total. The van der Waals surface area contributed by atoms with Crippen LogP contribution in [-0.4, -0.2) is 36.6 Å². The van der Waals surface area contributed by atoms with E-state index in [0.29, 0.717) is 11.5 Å². The van der Waals surface area contributed by atoms with Crippen LogP contribution in [0.4, 0.5) is 0 Å². The van der Waals surface area contributed by atoms with Gasteiger partial charge in [0.2, 0.25) is 0 Å². The van der Waals surface area contributed by atoms with E-state index in [0.717, 1.165) is 12.6 Å². The summed E-state index contributed by atoms with van der Waals surface area (Å²) in [5.74, 6) is 0. The minimum Gasteiger partial charge on any atom is -0.314 e. The molecule has 0 bridgehead atoms. The molecule has 0 spiro atoms. The van der Waals surface area contributed by atoms with Crippen molar-refractivity contribution >= 4 is 0 Å². The van der Waals surface area contributed by atoms with Crippen LogP contribution in [0.2, 0.25) is 0 Å². The summed E-state index contributed by atoms with van der Waals surface area (Å²) in [6, 6.07) is 1.44. The molecule has 2 atom stereocenters. The van der Waals surface area contributed by atoms with Gasteiger partial charge in [0.15, 0.2) is 0 Å². The van der Waals surface area contributed by atoms with E-state index in [-0.39, 0.29) is 0 Å². The first kappa shape index (κ1) is 15.0. The summed E-state index contributed by atoms with van der Waals surface area (Å²) in [4.78, 5) is 2.71. The molecule has 0 aromatic rings. The number of nitrogens with zero attached hydrogens (tertiary/aromatic N) is 1. The molecule has 1 rings (SSSR count). The number of nitrogens with one attached hydrogen (secondary N) is 1. The highest BCUT2D eigenvalue weighted by molar-refractivity contribution is 4.88. The summed E-state index contributed by atoms with van der Waals surface area (Å²) >= 11 is 0. The molecule has 102 valence electrons. The van der Waals surface area contributed by atoms with Crippen LogP contribution >= 0.6 is 0 Å². The third-order valence-electron chi connectivity index (χ3n) is 4.45. The van der Waals surface area contributed by atoms with E-state index in [1.807, 2.05) is 0 Å². The van der Waals surface area contributed by atoms with Gasteiger partial charge in [-0.3, -0.25) is 4.90 Å². The Balaban J connectivity index is 2.46. The van der Waals surface area contributed by atoms with Crippen LogP contribution in [0.1, 0.15) is 60.3 Å². The molecule has 1 fully saturated rings. The lowest BCUT2D eigenvalue weighted by molar-refractivity contribution is 0.131. The Kier molecular flexibility index (Phi) is 5.94. The van der Waals surface area contributed by atoms with Crippen LogP contribution in [0.3, 0.4) is 0 Å².